The lowest BCUT2D eigenvalue weighted by Gasteiger charge is -2.24. The average Bonchev–Trinajstić information content (AvgIpc) is 2.76. The Hall–Kier alpha value is -3.85. The first-order valence-corrected chi connectivity index (χ1v) is 10.1. The topological polar surface area (TPSA) is 125 Å². The van der Waals surface area contributed by atoms with Crippen molar-refractivity contribution in [2.75, 3.05) is 23.1 Å². The fourth-order valence-corrected chi connectivity index (χ4v) is 3.59. The molecule has 0 spiro atoms. The Morgan fingerprint density at radius 3 is 2.66 bits per heavy atom. The van der Waals surface area contributed by atoms with E-state index in [0.29, 0.717) is 22.1 Å². The zero-order chi connectivity index (χ0) is 22.8. The highest BCUT2D eigenvalue weighted by molar-refractivity contribution is 6.31. The zero-order valence-electron chi connectivity index (χ0n) is 17.3. The predicted octanol–water partition coefficient (Wildman–Crippen LogP) is 3.55. The van der Waals surface area contributed by atoms with Gasteiger partial charge >= 0.3 is 0 Å². The van der Waals surface area contributed by atoms with E-state index in [2.05, 4.69) is 25.9 Å². The van der Waals surface area contributed by atoms with Crippen LogP contribution in [0, 0.1) is 6.92 Å². The number of carbonyl (C=O) groups is 2. The van der Waals surface area contributed by atoms with Crippen LogP contribution in [0.2, 0.25) is 5.02 Å². The maximum atomic E-state index is 13.0. The number of hydrogen-bond donors (Lipinski definition) is 4. The maximum absolute atomic E-state index is 13.0. The van der Waals surface area contributed by atoms with E-state index in [9.17, 15) is 14.4 Å². The quantitative estimate of drug-likeness (QED) is 0.468. The van der Waals surface area contributed by atoms with E-state index in [1.54, 1.807) is 49.6 Å². The summed E-state index contributed by atoms with van der Waals surface area (Å²) in [6, 6.07) is 12.1. The standard InChI is InChI=1S/C22H20ClN5O4/c1-11-3-4-12(23)9-16(11)25-20(30)15-10-17(29)26-19-18(15)21(31)28-22(27-19)24-13-5-7-14(32-2)8-6-13/h3-9,15H,10H2,1-2H3,(H,25,30)(H3,24,26,27,28,29,31)/t15-/m0/s1. The van der Waals surface area contributed by atoms with Gasteiger partial charge in [0.25, 0.3) is 5.56 Å². The lowest BCUT2D eigenvalue weighted by atomic mass is 9.92. The van der Waals surface area contributed by atoms with Crippen LogP contribution < -0.4 is 26.2 Å². The molecule has 4 N–H and O–H groups in total. The van der Waals surface area contributed by atoms with E-state index in [-0.39, 0.29) is 23.8 Å². The third-order valence-electron chi connectivity index (χ3n) is 5.08. The number of rotatable bonds is 5. The minimum absolute atomic E-state index is 0.0453. The summed E-state index contributed by atoms with van der Waals surface area (Å²) < 4.78 is 5.12. The van der Waals surface area contributed by atoms with Crippen LogP contribution in [0.15, 0.2) is 47.3 Å². The molecule has 0 saturated carbocycles. The number of carbonyl (C=O) groups excluding carboxylic acids is 2. The average molecular weight is 454 g/mol. The Bertz CT molecular complexity index is 1260. The SMILES string of the molecule is COc1ccc(Nc2nc3c(c(=O)[nH]2)[C@@H](C(=O)Nc2cc(Cl)ccc2C)CC(=O)N3)cc1. The van der Waals surface area contributed by atoms with Crippen molar-refractivity contribution in [2.24, 2.45) is 0 Å². The minimum atomic E-state index is -0.997. The maximum Gasteiger partial charge on any atom is 0.258 e. The monoisotopic (exact) mass is 453 g/mol. The van der Waals surface area contributed by atoms with E-state index in [0.717, 1.165) is 5.56 Å². The van der Waals surface area contributed by atoms with Crippen molar-refractivity contribution in [1.29, 1.82) is 0 Å². The van der Waals surface area contributed by atoms with Gasteiger partial charge in [-0.15, -0.1) is 0 Å². The van der Waals surface area contributed by atoms with Gasteiger partial charge in [0.2, 0.25) is 17.8 Å². The molecule has 1 aliphatic heterocycles. The molecule has 32 heavy (non-hydrogen) atoms. The molecule has 2 aromatic carbocycles. The Balaban J connectivity index is 1.63. The molecule has 0 aliphatic carbocycles. The van der Waals surface area contributed by atoms with E-state index < -0.39 is 23.3 Å². The summed E-state index contributed by atoms with van der Waals surface area (Å²) in [6.45, 7) is 1.82. The first-order chi connectivity index (χ1) is 15.3. The van der Waals surface area contributed by atoms with Gasteiger partial charge in [0, 0.05) is 22.8 Å². The number of amides is 2. The number of aromatic nitrogens is 2. The molecule has 2 heterocycles. The van der Waals surface area contributed by atoms with Crippen molar-refractivity contribution in [1.82, 2.24) is 9.97 Å². The molecular formula is C22H20ClN5O4. The molecule has 1 aliphatic rings. The van der Waals surface area contributed by atoms with Crippen LogP contribution >= 0.6 is 11.6 Å². The Labute approximate surface area is 188 Å². The lowest BCUT2D eigenvalue weighted by molar-refractivity contribution is -0.123. The minimum Gasteiger partial charge on any atom is -0.497 e. The number of benzene rings is 2. The van der Waals surface area contributed by atoms with Crippen molar-refractivity contribution >= 4 is 46.6 Å². The second-order valence-electron chi connectivity index (χ2n) is 7.28. The third-order valence-corrected chi connectivity index (χ3v) is 5.31. The molecule has 9 nitrogen and oxygen atoms in total. The number of hydrogen-bond acceptors (Lipinski definition) is 6. The number of aryl methyl sites for hydroxylation is 1. The van der Waals surface area contributed by atoms with Crippen LogP contribution in [0.5, 0.6) is 5.75 Å². The smallest absolute Gasteiger partial charge is 0.258 e. The molecule has 0 fully saturated rings. The first kappa shape index (κ1) is 21.4. The summed E-state index contributed by atoms with van der Waals surface area (Å²) in [5.41, 5.74) is 1.55. The fourth-order valence-electron chi connectivity index (χ4n) is 3.41. The Morgan fingerprint density at radius 1 is 1.19 bits per heavy atom. The number of fused-ring (bicyclic) bond motifs is 1. The summed E-state index contributed by atoms with van der Waals surface area (Å²) in [5, 5.41) is 8.78. The number of nitrogens with one attached hydrogen (secondary N) is 4. The highest BCUT2D eigenvalue weighted by Gasteiger charge is 2.35. The zero-order valence-corrected chi connectivity index (χ0v) is 18.0. The molecule has 0 saturated heterocycles. The van der Waals surface area contributed by atoms with E-state index in [4.69, 9.17) is 16.3 Å². The molecule has 4 rings (SSSR count). The first-order valence-electron chi connectivity index (χ1n) is 9.76. The molecule has 0 unspecified atom stereocenters. The number of aromatic amines is 1. The summed E-state index contributed by atoms with van der Waals surface area (Å²) in [7, 11) is 1.56. The predicted molar refractivity (Wildman–Crippen MR) is 122 cm³/mol. The molecule has 3 aromatic rings. The highest BCUT2D eigenvalue weighted by Crippen LogP contribution is 2.31. The van der Waals surface area contributed by atoms with Crippen molar-refractivity contribution in [2.45, 2.75) is 19.3 Å². The molecule has 1 atom stereocenters. The van der Waals surface area contributed by atoms with Gasteiger partial charge in [-0.3, -0.25) is 19.4 Å². The molecular weight excluding hydrogens is 434 g/mol. The van der Waals surface area contributed by atoms with Crippen molar-refractivity contribution in [3.63, 3.8) is 0 Å². The second-order valence-corrected chi connectivity index (χ2v) is 7.72. The molecule has 2 amide bonds. The normalized spacial score (nSPS) is 14.8. The lowest BCUT2D eigenvalue weighted by Crippen LogP contribution is -2.36. The van der Waals surface area contributed by atoms with Gasteiger partial charge < -0.3 is 20.7 Å². The number of H-pyrrole nitrogens is 1. The van der Waals surface area contributed by atoms with Crippen molar-refractivity contribution < 1.29 is 14.3 Å². The number of anilines is 4. The van der Waals surface area contributed by atoms with Crippen LogP contribution in [0.4, 0.5) is 23.1 Å². The Morgan fingerprint density at radius 2 is 1.94 bits per heavy atom. The van der Waals surface area contributed by atoms with Gasteiger partial charge in [-0.2, -0.15) is 4.98 Å². The molecule has 0 radical (unpaired) electrons. The second kappa shape index (κ2) is 8.72. The van der Waals surface area contributed by atoms with E-state index in [1.807, 2.05) is 6.92 Å². The van der Waals surface area contributed by atoms with Gasteiger partial charge in [-0.05, 0) is 48.9 Å². The summed E-state index contributed by atoms with van der Waals surface area (Å²) >= 11 is 6.02. The van der Waals surface area contributed by atoms with Crippen LogP contribution in [0.1, 0.15) is 23.5 Å². The van der Waals surface area contributed by atoms with Crippen LogP contribution in [0.3, 0.4) is 0 Å². The van der Waals surface area contributed by atoms with Crippen LogP contribution in [-0.4, -0.2) is 28.9 Å². The molecule has 1 aromatic heterocycles. The fraction of sp³-hybridized carbons (Fsp3) is 0.182. The van der Waals surface area contributed by atoms with Gasteiger partial charge in [0.05, 0.1) is 18.6 Å². The molecule has 164 valence electrons. The summed E-state index contributed by atoms with van der Waals surface area (Å²) in [5.74, 6) is -1.04. The summed E-state index contributed by atoms with van der Waals surface area (Å²) in [4.78, 5) is 45.1. The number of halogens is 1. The molecule has 10 heteroatoms. The van der Waals surface area contributed by atoms with Crippen molar-refractivity contribution in [3.05, 3.63) is 69.0 Å². The Kier molecular flexibility index (Phi) is 5.83. The molecule has 0 bridgehead atoms. The van der Waals surface area contributed by atoms with E-state index >= 15 is 0 Å². The van der Waals surface area contributed by atoms with Crippen molar-refractivity contribution in [3.8, 4) is 5.75 Å². The largest absolute Gasteiger partial charge is 0.497 e. The van der Waals surface area contributed by atoms with E-state index in [1.165, 1.54) is 0 Å². The van der Waals surface area contributed by atoms with Crippen LogP contribution in [0.25, 0.3) is 0 Å². The third kappa shape index (κ3) is 4.42. The van der Waals surface area contributed by atoms with Gasteiger partial charge in [-0.1, -0.05) is 17.7 Å². The number of nitrogens with zero attached hydrogens (tertiary/aromatic N) is 1. The number of methoxy groups -OCH3 is 1. The van der Waals surface area contributed by atoms with Gasteiger partial charge in [-0.25, -0.2) is 0 Å². The summed E-state index contributed by atoms with van der Waals surface area (Å²) in [6.07, 6.45) is -0.172. The van der Waals surface area contributed by atoms with Gasteiger partial charge in [0.1, 0.15) is 11.6 Å². The highest BCUT2D eigenvalue weighted by atomic mass is 35.5. The van der Waals surface area contributed by atoms with Crippen LogP contribution in [-0.2, 0) is 9.59 Å². The number of ether oxygens (including phenoxy) is 1. The van der Waals surface area contributed by atoms with Gasteiger partial charge in [0.15, 0.2) is 0 Å².